The molecule has 31 heavy (non-hydrogen) atoms. The number of nitrogens with zero attached hydrogens (tertiary/aromatic N) is 2. The lowest BCUT2D eigenvalue weighted by Crippen LogP contribution is -2.29. The number of imidazole rings is 1. The van der Waals surface area contributed by atoms with Crippen LogP contribution in [0.25, 0.3) is 11.0 Å². The lowest BCUT2D eigenvalue weighted by molar-refractivity contribution is 0.0937. The Hall–Kier alpha value is -2.82. The predicted molar refractivity (Wildman–Crippen MR) is 127 cm³/mol. The lowest BCUT2D eigenvalue weighted by Gasteiger charge is -2.18. The van der Waals surface area contributed by atoms with E-state index in [1.807, 2.05) is 75.4 Å². The number of amides is 1. The molecule has 1 heterocycles. The summed E-state index contributed by atoms with van der Waals surface area (Å²) in [4.78, 5) is 17.8. The zero-order valence-electron chi connectivity index (χ0n) is 17.6. The number of para-hydroxylation sites is 2. The molecule has 4 aromatic rings. The maximum Gasteiger partial charge on any atom is 0.252 e. The van der Waals surface area contributed by atoms with Crippen LogP contribution >= 0.6 is 23.2 Å². The summed E-state index contributed by atoms with van der Waals surface area (Å²) in [6, 6.07) is 18.9. The van der Waals surface area contributed by atoms with Crippen molar-refractivity contribution in [2.24, 2.45) is 0 Å². The lowest BCUT2D eigenvalue weighted by atomic mass is 10.0. The van der Waals surface area contributed by atoms with Crippen LogP contribution in [0.15, 0.2) is 60.7 Å². The van der Waals surface area contributed by atoms with Gasteiger partial charge in [0.25, 0.3) is 5.91 Å². The second kappa shape index (κ2) is 8.74. The minimum absolute atomic E-state index is 0.117. The van der Waals surface area contributed by atoms with Crippen LogP contribution in [0, 0.1) is 13.8 Å². The minimum Gasteiger partial charge on any atom is -0.342 e. The zero-order valence-corrected chi connectivity index (χ0v) is 19.1. The molecule has 0 spiro atoms. The monoisotopic (exact) mass is 451 g/mol. The molecule has 6 heteroatoms. The Morgan fingerprint density at radius 2 is 1.84 bits per heavy atom. The van der Waals surface area contributed by atoms with E-state index in [1.165, 1.54) is 0 Å². The first-order chi connectivity index (χ1) is 14.8. The van der Waals surface area contributed by atoms with Gasteiger partial charge in [0, 0.05) is 15.6 Å². The number of fused-ring (bicyclic) bond motifs is 1. The Morgan fingerprint density at radius 3 is 2.58 bits per heavy atom. The van der Waals surface area contributed by atoms with Crippen molar-refractivity contribution >= 4 is 40.1 Å². The molecule has 0 aliphatic heterocycles. The van der Waals surface area contributed by atoms with E-state index in [2.05, 4.69) is 9.88 Å². The predicted octanol–water partition coefficient (Wildman–Crippen LogP) is 6.50. The average Bonchev–Trinajstić information content (AvgIpc) is 3.08. The van der Waals surface area contributed by atoms with Crippen LogP contribution in [-0.4, -0.2) is 15.5 Å². The topological polar surface area (TPSA) is 46.9 Å². The minimum atomic E-state index is -0.299. The summed E-state index contributed by atoms with van der Waals surface area (Å²) in [6.45, 7) is 6.43. The number of benzene rings is 3. The number of hydrogen-bond acceptors (Lipinski definition) is 2. The van der Waals surface area contributed by atoms with Crippen molar-refractivity contribution in [1.29, 1.82) is 0 Å². The number of halogens is 2. The molecule has 4 nitrogen and oxygen atoms in total. The van der Waals surface area contributed by atoms with Crippen LogP contribution in [0.3, 0.4) is 0 Å². The van der Waals surface area contributed by atoms with Crippen molar-refractivity contribution in [3.63, 3.8) is 0 Å². The summed E-state index contributed by atoms with van der Waals surface area (Å²) >= 11 is 12.5. The molecule has 0 saturated heterocycles. The number of carbonyl (C=O) groups is 1. The number of hydrogen-bond donors (Lipinski definition) is 1. The van der Waals surface area contributed by atoms with Crippen molar-refractivity contribution < 1.29 is 4.79 Å². The molecule has 1 atom stereocenters. The highest BCUT2D eigenvalue weighted by atomic mass is 35.5. The van der Waals surface area contributed by atoms with Gasteiger partial charge in [-0.05, 0) is 62.2 Å². The summed E-state index contributed by atoms with van der Waals surface area (Å²) in [5.41, 5.74) is 5.53. The molecule has 158 valence electrons. The van der Waals surface area contributed by atoms with Gasteiger partial charge in [-0.1, -0.05) is 59.1 Å². The highest BCUT2D eigenvalue weighted by Crippen LogP contribution is 2.27. The Balaban J connectivity index is 1.69. The summed E-state index contributed by atoms with van der Waals surface area (Å²) < 4.78 is 2.09. The Bertz CT molecular complexity index is 1280. The van der Waals surface area contributed by atoms with Crippen molar-refractivity contribution in [1.82, 2.24) is 14.9 Å². The van der Waals surface area contributed by atoms with E-state index in [9.17, 15) is 4.79 Å². The van der Waals surface area contributed by atoms with Crippen LogP contribution < -0.4 is 5.32 Å². The van der Waals surface area contributed by atoms with E-state index in [0.717, 1.165) is 33.5 Å². The van der Waals surface area contributed by atoms with Gasteiger partial charge in [-0.2, -0.15) is 0 Å². The number of aryl methyl sites for hydroxylation is 2. The molecule has 0 bridgehead atoms. The van der Waals surface area contributed by atoms with E-state index in [-0.39, 0.29) is 11.9 Å². The molecule has 0 radical (unpaired) electrons. The standard InChI is InChI=1S/C25H23Cl2N3O/c1-15-8-11-20(16(2)12-15)25(31)28-17(3)24-29-22-6-4-5-7-23(22)30(24)14-18-9-10-19(26)13-21(18)27/h4-13,17H,14H2,1-3H3,(H,28,31). The second-order valence-corrected chi connectivity index (χ2v) is 8.64. The van der Waals surface area contributed by atoms with Crippen LogP contribution in [-0.2, 0) is 6.54 Å². The van der Waals surface area contributed by atoms with E-state index in [0.29, 0.717) is 22.2 Å². The normalized spacial score (nSPS) is 12.2. The Kier molecular flexibility index (Phi) is 6.03. The maximum atomic E-state index is 13.0. The number of rotatable bonds is 5. The van der Waals surface area contributed by atoms with Gasteiger partial charge in [-0.3, -0.25) is 4.79 Å². The van der Waals surface area contributed by atoms with Gasteiger partial charge in [0.15, 0.2) is 0 Å². The molecule has 1 N–H and O–H groups in total. The van der Waals surface area contributed by atoms with Gasteiger partial charge in [-0.15, -0.1) is 0 Å². The molecule has 1 amide bonds. The first-order valence-electron chi connectivity index (χ1n) is 10.1. The van der Waals surface area contributed by atoms with Gasteiger partial charge in [0.2, 0.25) is 0 Å². The third-order valence-corrected chi connectivity index (χ3v) is 5.98. The molecule has 0 aliphatic carbocycles. The number of nitrogens with one attached hydrogen (secondary N) is 1. The van der Waals surface area contributed by atoms with Crippen LogP contribution in [0.1, 0.15) is 45.8 Å². The van der Waals surface area contributed by atoms with Crippen LogP contribution in [0.4, 0.5) is 0 Å². The molecule has 1 unspecified atom stereocenters. The van der Waals surface area contributed by atoms with E-state index in [1.54, 1.807) is 6.07 Å². The summed E-state index contributed by atoms with van der Waals surface area (Å²) in [5.74, 6) is 0.651. The number of aromatic nitrogens is 2. The van der Waals surface area contributed by atoms with Crippen molar-refractivity contribution in [2.45, 2.75) is 33.4 Å². The highest BCUT2D eigenvalue weighted by Gasteiger charge is 2.20. The third kappa shape index (κ3) is 4.46. The molecule has 0 fully saturated rings. The van der Waals surface area contributed by atoms with Gasteiger partial charge in [0.05, 0.1) is 23.6 Å². The maximum absolute atomic E-state index is 13.0. The zero-order chi connectivity index (χ0) is 22.1. The third-order valence-electron chi connectivity index (χ3n) is 5.39. The van der Waals surface area contributed by atoms with E-state index >= 15 is 0 Å². The quantitative estimate of drug-likeness (QED) is 0.376. The van der Waals surface area contributed by atoms with Gasteiger partial charge in [0.1, 0.15) is 5.82 Å². The fourth-order valence-electron chi connectivity index (χ4n) is 3.82. The van der Waals surface area contributed by atoms with Gasteiger partial charge in [-0.25, -0.2) is 4.98 Å². The smallest absolute Gasteiger partial charge is 0.252 e. The fourth-order valence-corrected chi connectivity index (χ4v) is 4.29. The molecular formula is C25H23Cl2N3O. The second-order valence-electron chi connectivity index (χ2n) is 7.79. The van der Waals surface area contributed by atoms with Crippen LogP contribution in [0.5, 0.6) is 0 Å². The Morgan fingerprint density at radius 1 is 1.06 bits per heavy atom. The largest absolute Gasteiger partial charge is 0.342 e. The molecule has 0 saturated carbocycles. The van der Waals surface area contributed by atoms with E-state index in [4.69, 9.17) is 28.2 Å². The summed E-state index contributed by atoms with van der Waals surface area (Å²) in [7, 11) is 0. The fraction of sp³-hybridized carbons (Fsp3) is 0.200. The first kappa shape index (κ1) is 21.4. The van der Waals surface area contributed by atoms with Crippen molar-refractivity contribution in [3.8, 4) is 0 Å². The molecule has 0 aliphatic rings. The van der Waals surface area contributed by atoms with Gasteiger partial charge >= 0.3 is 0 Å². The van der Waals surface area contributed by atoms with E-state index < -0.39 is 0 Å². The molecule has 4 rings (SSSR count). The number of carbonyl (C=O) groups excluding carboxylic acids is 1. The summed E-state index contributed by atoms with van der Waals surface area (Å²) in [5, 5.41) is 4.30. The van der Waals surface area contributed by atoms with Gasteiger partial charge < -0.3 is 9.88 Å². The van der Waals surface area contributed by atoms with Crippen molar-refractivity contribution in [3.05, 3.63) is 98.8 Å². The SMILES string of the molecule is Cc1ccc(C(=O)NC(C)c2nc3ccccc3n2Cc2ccc(Cl)cc2Cl)c(C)c1. The molecular weight excluding hydrogens is 429 g/mol. The first-order valence-corrected chi connectivity index (χ1v) is 10.9. The Labute approximate surface area is 191 Å². The summed E-state index contributed by atoms with van der Waals surface area (Å²) in [6.07, 6.45) is 0. The van der Waals surface area contributed by atoms with Crippen molar-refractivity contribution in [2.75, 3.05) is 0 Å². The molecule has 3 aromatic carbocycles. The average molecular weight is 452 g/mol. The highest BCUT2D eigenvalue weighted by molar-refractivity contribution is 6.35. The van der Waals surface area contributed by atoms with Crippen LogP contribution in [0.2, 0.25) is 10.0 Å². The molecule has 1 aromatic heterocycles.